The molecule has 3 aromatic heterocycles. The Hall–Kier alpha value is -3.43. The van der Waals surface area contributed by atoms with Gasteiger partial charge >= 0.3 is 6.09 Å². The fourth-order valence-corrected chi connectivity index (χ4v) is 3.47. The van der Waals surface area contributed by atoms with Gasteiger partial charge in [-0.25, -0.2) is 14.8 Å². The molecule has 4 N–H and O–H groups in total. The van der Waals surface area contributed by atoms with Crippen LogP contribution in [0.3, 0.4) is 0 Å². The van der Waals surface area contributed by atoms with Crippen LogP contribution in [-0.2, 0) is 6.54 Å². The SMILES string of the molecule is O=C(NCCNCc1ccccc1)Oc1sccc1Nc1ncnc2[nH]ccc12. The van der Waals surface area contributed by atoms with E-state index in [1.165, 1.54) is 23.2 Å². The number of aromatic amines is 1. The van der Waals surface area contributed by atoms with E-state index in [-0.39, 0.29) is 0 Å². The first-order valence-corrected chi connectivity index (χ1v) is 10.0. The van der Waals surface area contributed by atoms with Crippen molar-refractivity contribution in [3.8, 4) is 5.06 Å². The number of nitrogens with one attached hydrogen (secondary N) is 4. The molecule has 1 amide bonds. The maximum atomic E-state index is 12.1. The van der Waals surface area contributed by atoms with Crippen LogP contribution in [0.4, 0.5) is 16.3 Å². The number of thiophene rings is 1. The molecule has 0 saturated carbocycles. The predicted octanol–water partition coefficient (Wildman–Crippen LogP) is 3.64. The maximum Gasteiger partial charge on any atom is 0.413 e. The molecule has 29 heavy (non-hydrogen) atoms. The first kappa shape index (κ1) is 18.9. The van der Waals surface area contributed by atoms with E-state index in [9.17, 15) is 4.79 Å². The highest BCUT2D eigenvalue weighted by atomic mass is 32.1. The number of aromatic nitrogens is 3. The summed E-state index contributed by atoms with van der Waals surface area (Å²) in [6.45, 7) is 1.87. The van der Waals surface area contributed by atoms with Gasteiger partial charge in [-0.1, -0.05) is 30.3 Å². The van der Waals surface area contributed by atoms with Gasteiger partial charge in [0.25, 0.3) is 0 Å². The highest BCUT2D eigenvalue weighted by molar-refractivity contribution is 7.12. The number of hydrogen-bond donors (Lipinski definition) is 4. The van der Waals surface area contributed by atoms with Crippen molar-refractivity contribution in [2.75, 3.05) is 18.4 Å². The van der Waals surface area contributed by atoms with Crippen molar-refractivity contribution in [3.63, 3.8) is 0 Å². The van der Waals surface area contributed by atoms with Gasteiger partial charge in [-0.05, 0) is 23.1 Å². The maximum absolute atomic E-state index is 12.1. The number of anilines is 2. The van der Waals surface area contributed by atoms with Gasteiger partial charge in [0.15, 0.2) is 0 Å². The van der Waals surface area contributed by atoms with Crippen LogP contribution in [0.25, 0.3) is 11.0 Å². The number of amides is 1. The Morgan fingerprint density at radius 2 is 2.00 bits per heavy atom. The van der Waals surface area contributed by atoms with Crippen molar-refractivity contribution in [2.45, 2.75) is 6.54 Å². The number of carbonyl (C=O) groups excluding carboxylic acids is 1. The molecule has 1 aromatic carbocycles. The summed E-state index contributed by atoms with van der Waals surface area (Å²) in [6.07, 6.45) is 2.78. The minimum absolute atomic E-state index is 0.468. The molecule has 4 rings (SSSR count). The lowest BCUT2D eigenvalue weighted by atomic mass is 10.2. The lowest BCUT2D eigenvalue weighted by Gasteiger charge is -2.09. The topological polar surface area (TPSA) is 104 Å². The van der Waals surface area contributed by atoms with Crippen molar-refractivity contribution >= 4 is 40.0 Å². The van der Waals surface area contributed by atoms with Crippen LogP contribution in [0.2, 0.25) is 0 Å². The Morgan fingerprint density at radius 3 is 2.90 bits per heavy atom. The number of hydrogen-bond acceptors (Lipinski definition) is 7. The van der Waals surface area contributed by atoms with Crippen molar-refractivity contribution in [3.05, 3.63) is 65.9 Å². The van der Waals surface area contributed by atoms with Crippen molar-refractivity contribution < 1.29 is 9.53 Å². The Bertz CT molecular complexity index is 1080. The largest absolute Gasteiger partial charge is 0.413 e. The molecule has 9 heteroatoms. The van der Waals surface area contributed by atoms with E-state index < -0.39 is 6.09 Å². The fraction of sp³-hybridized carbons (Fsp3) is 0.150. The standard InChI is InChI=1S/C20H20N6O2S/c27-20(23-10-9-21-12-14-4-2-1-3-5-14)28-19-16(7-11-29-19)26-18-15-6-8-22-17(15)24-13-25-18/h1-8,11,13,21H,9-10,12H2,(H,23,27)(H2,22,24,25,26). The molecular weight excluding hydrogens is 388 g/mol. The number of benzene rings is 1. The number of nitrogens with zero attached hydrogens (tertiary/aromatic N) is 2. The van der Waals surface area contributed by atoms with Gasteiger partial charge < -0.3 is 25.7 Å². The normalized spacial score (nSPS) is 10.8. The number of rotatable bonds is 8. The zero-order chi connectivity index (χ0) is 19.9. The lowest BCUT2D eigenvalue weighted by Crippen LogP contribution is -2.33. The van der Waals surface area contributed by atoms with E-state index >= 15 is 0 Å². The Morgan fingerprint density at radius 1 is 1.10 bits per heavy atom. The predicted molar refractivity (Wildman–Crippen MR) is 114 cm³/mol. The van der Waals surface area contributed by atoms with Crippen LogP contribution < -0.4 is 20.7 Å². The second kappa shape index (κ2) is 9.18. The van der Waals surface area contributed by atoms with Gasteiger partial charge in [0.2, 0.25) is 5.06 Å². The molecule has 0 unspecified atom stereocenters. The van der Waals surface area contributed by atoms with E-state index in [1.807, 2.05) is 35.7 Å². The summed E-state index contributed by atoms with van der Waals surface area (Å²) >= 11 is 1.33. The van der Waals surface area contributed by atoms with Gasteiger partial charge in [-0.2, -0.15) is 0 Å². The third-order valence-electron chi connectivity index (χ3n) is 4.17. The van der Waals surface area contributed by atoms with Gasteiger partial charge in [0.1, 0.15) is 17.8 Å². The number of H-pyrrole nitrogens is 1. The molecule has 0 bridgehead atoms. The van der Waals surface area contributed by atoms with Crippen LogP contribution in [0.15, 0.2) is 60.4 Å². The molecule has 0 aliphatic carbocycles. The first-order chi connectivity index (χ1) is 14.3. The van der Waals surface area contributed by atoms with E-state index in [2.05, 4.69) is 43.0 Å². The molecule has 0 saturated heterocycles. The monoisotopic (exact) mass is 408 g/mol. The summed E-state index contributed by atoms with van der Waals surface area (Å²) in [5.74, 6) is 0.644. The molecule has 148 valence electrons. The van der Waals surface area contributed by atoms with Crippen molar-refractivity contribution in [2.24, 2.45) is 0 Å². The number of fused-ring (bicyclic) bond motifs is 1. The zero-order valence-corrected chi connectivity index (χ0v) is 16.3. The molecule has 0 aliphatic rings. The molecule has 0 atom stereocenters. The highest BCUT2D eigenvalue weighted by Crippen LogP contribution is 2.34. The minimum atomic E-state index is -0.494. The summed E-state index contributed by atoms with van der Waals surface area (Å²) in [6, 6.07) is 13.8. The molecule has 3 heterocycles. The van der Waals surface area contributed by atoms with Gasteiger partial charge in [-0.3, -0.25) is 0 Å². The molecule has 0 radical (unpaired) electrons. The van der Waals surface area contributed by atoms with Crippen LogP contribution in [0.5, 0.6) is 5.06 Å². The first-order valence-electron chi connectivity index (χ1n) is 9.12. The van der Waals surface area contributed by atoms with E-state index in [1.54, 1.807) is 6.20 Å². The number of carbonyl (C=O) groups is 1. The summed E-state index contributed by atoms with van der Waals surface area (Å²) in [5, 5.41) is 12.4. The Balaban J connectivity index is 1.26. The zero-order valence-electron chi connectivity index (χ0n) is 15.5. The highest BCUT2D eigenvalue weighted by Gasteiger charge is 2.13. The molecule has 0 fully saturated rings. The molecule has 8 nitrogen and oxygen atoms in total. The van der Waals surface area contributed by atoms with Gasteiger partial charge in [-0.15, -0.1) is 11.3 Å². The van der Waals surface area contributed by atoms with Crippen molar-refractivity contribution in [1.29, 1.82) is 0 Å². The van der Waals surface area contributed by atoms with E-state index in [0.717, 1.165) is 17.6 Å². The van der Waals surface area contributed by atoms with E-state index in [0.29, 0.717) is 29.7 Å². The minimum Gasteiger partial charge on any atom is -0.397 e. The summed E-state index contributed by atoms with van der Waals surface area (Å²) in [7, 11) is 0. The third-order valence-corrected chi connectivity index (χ3v) is 4.95. The lowest BCUT2D eigenvalue weighted by molar-refractivity contribution is 0.202. The van der Waals surface area contributed by atoms with Gasteiger partial charge in [0.05, 0.1) is 11.1 Å². The van der Waals surface area contributed by atoms with E-state index in [4.69, 9.17) is 4.74 Å². The second-order valence-electron chi connectivity index (χ2n) is 6.19. The Kier molecular flexibility index (Phi) is 5.98. The molecule has 0 aliphatic heterocycles. The van der Waals surface area contributed by atoms with Gasteiger partial charge in [0, 0.05) is 25.8 Å². The van der Waals surface area contributed by atoms with Crippen molar-refractivity contribution in [1.82, 2.24) is 25.6 Å². The molecule has 4 aromatic rings. The summed E-state index contributed by atoms with van der Waals surface area (Å²) < 4.78 is 5.44. The quantitative estimate of drug-likeness (QED) is 0.332. The van der Waals surface area contributed by atoms with Crippen LogP contribution in [0.1, 0.15) is 5.56 Å². The second-order valence-corrected chi connectivity index (χ2v) is 7.07. The summed E-state index contributed by atoms with van der Waals surface area (Å²) in [4.78, 5) is 23.6. The third kappa shape index (κ3) is 4.89. The number of ether oxygens (including phenoxy) is 1. The Labute approximate surface area is 171 Å². The average Bonchev–Trinajstić information content (AvgIpc) is 3.39. The fourth-order valence-electron chi connectivity index (χ4n) is 2.77. The van der Waals surface area contributed by atoms with Crippen LogP contribution in [-0.4, -0.2) is 34.1 Å². The van der Waals surface area contributed by atoms with Crippen LogP contribution >= 0.6 is 11.3 Å². The average molecular weight is 408 g/mol. The van der Waals surface area contributed by atoms with Crippen LogP contribution in [0, 0.1) is 0 Å². The summed E-state index contributed by atoms with van der Waals surface area (Å²) in [5.41, 5.74) is 2.61. The molecule has 0 spiro atoms. The smallest absolute Gasteiger partial charge is 0.397 e. The molecular formula is C20H20N6O2S.